The Morgan fingerprint density at radius 3 is 2.76 bits per heavy atom. The third-order valence-corrected chi connectivity index (χ3v) is 3.85. The van der Waals surface area contributed by atoms with E-state index < -0.39 is 5.60 Å². The Morgan fingerprint density at radius 2 is 2.05 bits per heavy atom. The van der Waals surface area contributed by atoms with Crippen LogP contribution in [-0.2, 0) is 11.3 Å². The number of hydrogen-bond acceptors (Lipinski definition) is 4. The van der Waals surface area contributed by atoms with Crippen LogP contribution in [0.2, 0.25) is 0 Å². The lowest BCUT2D eigenvalue weighted by atomic mass is 9.93. The van der Waals surface area contributed by atoms with Crippen LogP contribution in [0.1, 0.15) is 18.9 Å². The summed E-state index contributed by atoms with van der Waals surface area (Å²) in [6.07, 6.45) is 2.28. The molecule has 5 nitrogen and oxygen atoms in total. The maximum absolute atomic E-state index is 11.6. The molecule has 0 bridgehead atoms. The van der Waals surface area contributed by atoms with Crippen molar-refractivity contribution >= 4 is 11.6 Å². The summed E-state index contributed by atoms with van der Waals surface area (Å²) in [5, 5.41) is 14.6. The van der Waals surface area contributed by atoms with Crippen LogP contribution in [0, 0.1) is 0 Å². The van der Waals surface area contributed by atoms with Crippen molar-refractivity contribution in [1.82, 2.24) is 9.78 Å². The second-order valence-electron chi connectivity index (χ2n) is 5.73. The van der Waals surface area contributed by atoms with Crippen LogP contribution in [0.5, 0.6) is 0 Å². The molecule has 0 aliphatic carbocycles. The molecule has 0 amide bonds. The highest BCUT2D eigenvalue weighted by Gasteiger charge is 2.37. The summed E-state index contributed by atoms with van der Waals surface area (Å²) in [4.78, 5) is 13.6. The number of Topliss-reactive ketones (excluding diaryl/α,β-unsaturated/α-hetero) is 1. The predicted octanol–water partition coefficient (Wildman–Crippen LogP) is 1.46. The lowest BCUT2D eigenvalue weighted by Crippen LogP contribution is -2.52. The molecule has 2 aromatic rings. The molecule has 3 rings (SSSR count). The molecule has 1 N–H and O–H groups in total. The monoisotopic (exact) mass is 285 g/mol. The Kier molecular flexibility index (Phi) is 3.51. The van der Waals surface area contributed by atoms with E-state index in [0.717, 1.165) is 5.82 Å². The molecule has 1 fully saturated rings. The Morgan fingerprint density at radius 1 is 1.29 bits per heavy atom. The summed E-state index contributed by atoms with van der Waals surface area (Å²) >= 11 is 0. The molecule has 1 aliphatic heterocycles. The molecule has 2 heterocycles. The number of piperidine rings is 1. The lowest BCUT2D eigenvalue weighted by Gasteiger charge is -2.35. The van der Waals surface area contributed by atoms with Crippen molar-refractivity contribution in [2.75, 3.05) is 18.0 Å². The number of rotatable bonds is 3. The maximum Gasteiger partial charge on any atom is 0.167 e. The van der Waals surface area contributed by atoms with Crippen molar-refractivity contribution in [3.63, 3.8) is 0 Å². The van der Waals surface area contributed by atoms with Crippen molar-refractivity contribution < 1.29 is 9.90 Å². The summed E-state index contributed by atoms with van der Waals surface area (Å²) in [6.45, 7) is 3.19. The molecule has 1 aromatic heterocycles. The third-order valence-electron chi connectivity index (χ3n) is 3.85. The molecule has 5 heteroatoms. The minimum Gasteiger partial charge on any atom is -0.380 e. The zero-order chi connectivity index (χ0) is 14.9. The van der Waals surface area contributed by atoms with Gasteiger partial charge in [0.05, 0.1) is 13.1 Å². The molecule has 110 valence electrons. The van der Waals surface area contributed by atoms with Crippen molar-refractivity contribution in [2.45, 2.75) is 25.5 Å². The predicted molar refractivity (Wildman–Crippen MR) is 80.2 cm³/mol. The fourth-order valence-corrected chi connectivity index (χ4v) is 2.62. The van der Waals surface area contributed by atoms with Gasteiger partial charge in [-0.1, -0.05) is 30.3 Å². The zero-order valence-corrected chi connectivity index (χ0v) is 12.1. The molecule has 21 heavy (non-hydrogen) atoms. The molecule has 1 saturated heterocycles. The molecule has 1 aliphatic rings. The number of benzene rings is 1. The SMILES string of the molecule is CC1(O)CN(c2ccn(Cc3ccccc3)n2)CCC1=O. The highest BCUT2D eigenvalue weighted by molar-refractivity contribution is 5.89. The highest BCUT2D eigenvalue weighted by Crippen LogP contribution is 2.22. The summed E-state index contributed by atoms with van der Waals surface area (Å²) in [7, 11) is 0. The van der Waals surface area contributed by atoms with Gasteiger partial charge in [-0.25, -0.2) is 0 Å². The van der Waals surface area contributed by atoms with Gasteiger partial charge in [0.2, 0.25) is 0 Å². The van der Waals surface area contributed by atoms with Crippen LogP contribution in [0.3, 0.4) is 0 Å². The summed E-state index contributed by atoms with van der Waals surface area (Å²) < 4.78 is 1.87. The number of β-amino-alcohol motifs (C(OH)–C–C–N with tert-alkyl or cyclic N) is 1. The van der Waals surface area contributed by atoms with E-state index in [9.17, 15) is 9.90 Å². The van der Waals surface area contributed by atoms with Crippen molar-refractivity contribution in [1.29, 1.82) is 0 Å². The van der Waals surface area contributed by atoms with E-state index in [0.29, 0.717) is 26.1 Å². The van der Waals surface area contributed by atoms with Gasteiger partial charge in [0.25, 0.3) is 0 Å². The number of carbonyl (C=O) groups is 1. The van der Waals surface area contributed by atoms with E-state index in [1.54, 1.807) is 6.92 Å². The van der Waals surface area contributed by atoms with Crippen LogP contribution in [0.25, 0.3) is 0 Å². The molecule has 0 saturated carbocycles. The van der Waals surface area contributed by atoms with Crippen LogP contribution in [0.15, 0.2) is 42.6 Å². The number of anilines is 1. The fraction of sp³-hybridized carbons (Fsp3) is 0.375. The summed E-state index contributed by atoms with van der Waals surface area (Å²) in [5.74, 6) is 0.709. The van der Waals surface area contributed by atoms with Crippen LogP contribution >= 0.6 is 0 Å². The smallest absolute Gasteiger partial charge is 0.167 e. The average molecular weight is 285 g/mol. The quantitative estimate of drug-likeness (QED) is 0.927. The zero-order valence-electron chi connectivity index (χ0n) is 12.1. The average Bonchev–Trinajstić information content (AvgIpc) is 2.91. The van der Waals surface area contributed by atoms with E-state index in [1.807, 2.05) is 40.0 Å². The van der Waals surface area contributed by atoms with Crippen molar-refractivity contribution in [3.05, 3.63) is 48.2 Å². The first-order chi connectivity index (χ1) is 10.0. The minimum absolute atomic E-state index is 0.0949. The Labute approximate surface area is 123 Å². The van der Waals surface area contributed by atoms with Crippen molar-refractivity contribution in [2.24, 2.45) is 0 Å². The van der Waals surface area contributed by atoms with E-state index in [-0.39, 0.29) is 5.78 Å². The number of hydrogen-bond donors (Lipinski definition) is 1. The second kappa shape index (κ2) is 5.33. The number of aliphatic hydroxyl groups is 1. The summed E-state index contributed by atoms with van der Waals surface area (Å²) in [6, 6.07) is 12.1. The lowest BCUT2D eigenvalue weighted by molar-refractivity contribution is -0.136. The van der Waals surface area contributed by atoms with Crippen LogP contribution in [0.4, 0.5) is 5.82 Å². The Hall–Kier alpha value is -2.14. The van der Waals surface area contributed by atoms with Gasteiger partial charge in [-0.15, -0.1) is 0 Å². The highest BCUT2D eigenvalue weighted by atomic mass is 16.3. The van der Waals surface area contributed by atoms with E-state index >= 15 is 0 Å². The first-order valence-corrected chi connectivity index (χ1v) is 7.13. The Balaban J connectivity index is 1.72. The first kappa shape index (κ1) is 13.8. The van der Waals surface area contributed by atoms with Crippen molar-refractivity contribution in [3.8, 4) is 0 Å². The first-order valence-electron chi connectivity index (χ1n) is 7.13. The van der Waals surface area contributed by atoms with E-state index in [1.165, 1.54) is 5.56 Å². The Bertz CT molecular complexity index is 634. The standard InChI is InChI=1S/C16H19N3O2/c1-16(21)12-18(9-7-14(16)20)15-8-10-19(17-15)11-13-5-3-2-4-6-13/h2-6,8,10,21H,7,9,11-12H2,1H3. The van der Waals surface area contributed by atoms with Gasteiger partial charge in [-0.05, 0) is 12.5 Å². The van der Waals surface area contributed by atoms with Crippen LogP contribution in [-0.4, -0.2) is 39.4 Å². The topological polar surface area (TPSA) is 58.4 Å². The van der Waals surface area contributed by atoms with E-state index in [4.69, 9.17) is 0 Å². The molecular weight excluding hydrogens is 266 g/mol. The molecule has 1 unspecified atom stereocenters. The largest absolute Gasteiger partial charge is 0.380 e. The maximum atomic E-state index is 11.6. The molecule has 0 spiro atoms. The molecule has 1 atom stereocenters. The minimum atomic E-state index is -1.28. The van der Waals surface area contributed by atoms with Gasteiger partial charge in [0, 0.05) is 25.2 Å². The van der Waals surface area contributed by atoms with E-state index in [2.05, 4.69) is 17.2 Å². The molecule has 1 aromatic carbocycles. The van der Waals surface area contributed by atoms with Crippen LogP contribution < -0.4 is 4.90 Å². The van der Waals surface area contributed by atoms with Gasteiger partial charge < -0.3 is 10.0 Å². The number of aromatic nitrogens is 2. The third kappa shape index (κ3) is 2.97. The molecule has 0 radical (unpaired) electrons. The second-order valence-corrected chi connectivity index (χ2v) is 5.73. The normalized spacial score (nSPS) is 22.6. The van der Waals surface area contributed by atoms with Gasteiger partial charge in [-0.2, -0.15) is 5.10 Å². The number of carbonyl (C=O) groups excluding carboxylic acids is 1. The molecular formula is C16H19N3O2. The van der Waals surface area contributed by atoms with Gasteiger partial charge in [0.1, 0.15) is 5.60 Å². The number of nitrogens with zero attached hydrogens (tertiary/aromatic N) is 3. The fourth-order valence-electron chi connectivity index (χ4n) is 2.62. The number of ketones is 1. The van der Waals surface area contributed by atoms with Gasteiger partial charge in [0.15, 0.2) is 11.6 Å². The van der Waals surface area contributed by atoms with Gasteiger partial charge in [-0.3, -0.25) is 9.48 Å². The van der Waals surface area contributed by atoms with Gasteiger partial charge >= 0.3 is 0 Å². The summed E-state index contributed by atoms with van der Waals surface area (Å²) in [5.41, 5.74) is -0.0884.